The van der Waals surface area contributed by atoms with Crippen molar-refractivity contribution in [1.29, 1.82) is 0 Å². The number of esters is 1. The van der Waals surface area contributed by atoms with Crippen LogP contribution in [0.1, 0.15) is 34.2 Å². The molecule has 0 amide bonds. The van der Waals surface area contributed by atoms with Crippen LogP contribution in [0.15, 0.2) is 48.5 Å². The number of carbonyl (C=O) groups excluding carboxylic acids is 1. The molecule has 0 spiro atoms. The number of piperidine rings is 1. The number of para-hydroxylation sites is 1. The Morgan fingerprint density at radius 1 is 1.13 bits per heavy atom. The van der Waals surface area contributed by atoms with Crippen molar-refractivity contribution in [3.05, 3.63) is 76.3 Å². The Labute approximate surface area is 230 Å². The van der Waals surface area contributed by atoms with Crippen molar-refractivity contribution in [2.45, 2.75) is 45.9 Å². The van der Waals surface area contributed by atoms with E-state index in [4.69, 9.17) is 19.2 Å². The van der Waals surface area contributed by atoms with Gasteiger partial charge < -0.3 is 24.4 Å². The first-order valence-electron chi connectivity index (χ1n) is 13.8. The zero-order valence-corrected chi connectivity index (χ0v) is 23.3. The second kappa shape index (κ2) is 10.3. The highest BCUT2D eigenvalue weighted by Gasteiger charge is 2.71. The number of ether oxygens (including phenoxy) is 3. The van der Waals surface area contributed by atoms with Gasteiger partial charge >= 0.3 is 5.97 Å². The number of hydrogen-bond donors (Lipinski definition) is 1. The molecule has 3 atom stereocenters. The summed E-state index contributed by atoms with van der Waals surface area (Å²) in [5, 5.41) is 3.47. The van der Waals surface area contributed by atoms with Gasteiger partial charge in [0, 0.05) is 25.8 Å². The van der Waals surface area contributed by atoms with Crippen molar-refractivity contribution in [2.75, 3.05) is 38.8 Å². The predicted octanol–water partition coefficient (Wildman–Crippen LogP) is 4.60. The number of rotatable bonds is 8. The molecule has 1 aromatic heterocycles. The fraction of sp³-hybridized carbons (Fsp3) is 0.438. The van der Waals surface area contributed by atoms with Crippen LogP contribution >= 0.6 is 0 Å². The lowest BCUT2D eigenvalue weighted by Crippen LogP contribution is -2.44. The van der Waals surface area contributed by atoms with Gasteiger partial charge in [0.15, 0.2) is 0 Å². The second-order valence-electron chi connectivity index (χ2n) is 11.2. The molecule has 204 valence electrons. The van der Waals surface area contributed by atoms with Crippen LogP contribution in [-0.4, -0.2) is 50.9 Å². The van der Waals surface area contributed by atoms with Crippen LogP contribution in [0.2, 0.25) is 0 Å². The number of pyridine rings is 1. The maximum Gasteiger partial charge on any atom is 0.314 e. The molecule has 1 aliphatic carbocycles. The highest BCUT2D eigenvalue weighted by molar-refractivity contribution is 5.84. The number of aryl methyl sites for hydroxylation is 2. The Kier molecular flexibility index (Phi) is 6.81. The van der Waals surface area contributed by atoms with Crippen LogP contribution < -0.4 is 15.0 Å². The average Bonchev–Trinajstić information content (AvgIpc) is 3.60. The summed E-state index contributed by atoms with van der Waals surface area (Å²) in [7, 11) is 3.15. The molecule has 3 aliphatic rings. The first-order valence-corrected chi connectivity index (χ1v) is 13.8. The molecule has 1 saturated carbocycles. The Balaban J connectivity index is 1.28. The summed E-state index contributed by atoms with van der Waals surface area (Å²) in [5.74, 6) is 1.82. The minimum atomic E-state index is -0.497. The van der Waals surface area contributed by atoms with E-state index in [1.807, 2.05) is 24.3 Å². The van der Waals surface area contributed by atoms with Gasteiger partial charge in [0.2, 0.25) is 0 Å². The zero-order chi connectivity index (χ0) is 27.1. The minimum absolute atomic E-state index is 0.0987. The molecule has 7 nitrogen and oxygen atoms in total. The Morgan fingerprint density at radius 2 is 1.97 bits per heavy atom. The quantitative estimate of drug-likeness (QED) is 0.429. The summed E-state index contributed by atoms with van der Waals surface area (Å²) in [6.45, 7) is 7.95. The molecule has 7 heteroatoms. The van der Waals surface area contributed by atoms with Crippen LogP contribution in [0.25, 0.3) is 11.3 Å². The van der Waals surface area contributed by atoms with Gasteiger partial charge in [-0.3, -0.25) is 4.79 Å². The third-order valence-electron chi connectivity index (χ3n) is 8.83. The number of aromatic nitrogens is 1. The van der Waals surface area contributed by atoms with Gasteiger partial charge in [0.05, 0.1) is 30.9 Å². The molecule has 39 heavy (non-hydrogen) atoms. The third-order valence-corrected chi connectivity index (χ3v) is 8.83. The SMILES string of the molecule is COC[C@H]1N(c2cccc(-c3cccc(C)c3OCc3cc(C)c4c(c3)CCNC4)n2)C[C@@H]2C[C@@]21C(=O)OC. The largest absolute Gasteiger partial charge is 0.488 e. The van der Waals surface area contributed by atoms with Crippen LogP contribution in [0.3, 0.4) is 0 Å². The molecule has 2 fully saturated rings. The highest BCUT2D eigenvalue weighted by Crippen LogP contribution is 2.62. The number of benzene rings is 2. The molecule has 0 radical (unpaired) electrons. The number of fused-ring (bicyclic) bond motifs is 2. The summed E-state index contributed by atoms with van der Waals surface area (Å²) < 4.78 is 17.3. The van der Waals surface area contributed by atoms with Gasteiger partial charge in [-0.15, -0.1) is 0 Å². The monoisotopic (exact) mass is 527 g/mol. The molecule has 0 bridgehead atoms. The molecular formula is C32H37N3O4. The lowest BCUT2D eigenvalue weighted by Gasteiger charge is -2.31. The number of hydrogen-bond acceptors (Lipinski definition) is 7. The lowest BCUT2D eigenvalue weighted by atomic mass is 9.94. The molecule has 1 N–H and O–H groups in total. The van der Waals surface area contributed by atoms with Gasteiger partial charge in [-0.2, -0.15) is 0 Å². The van der Waals surface area contributed by atoms with E-state index >= 15 is 0 Å². The molecule has 3 heterocycles. The molecule has 2 aliphatic heterocycles. The number of nitrogens with one attached hydrogen (secondary N) is 1. The van der Waals surface area contributed by atoms with E-state index in [2.05, 4.69) is 48.3 Å². The van der Waals surface area contributed by atoms with Crippen molar-refractivity contribution in [3.8, 4) is 17.0 Å². The topological polar surface area (TPSA) is 72.9 Å². The first-order chi connectivity index (χ1) is 19.0. The zero-order valence-electron chi connectivity index (χ0n) is 23.3. The van der Waals surface area contributed by atoms with Crippen molar-refractivity contribution in [3.63, 3.8) is 0 Å². The Bertz CT molecular complexity index is 1410. The second-order valence-corrected chi connectivity index (χ2v) is 11.2. The van der Waals surface area contributed by atoms with Gasteiger partial charge in [-0.25, -0.2) is 4.98 Å². The van der Waals surface area contributed by atoms with Gasteiger partial charge in [0.25, 0.3) is 0 Å². The van der Waals surface area contributed by atoms with E-state index in [1.54, 1.807) is 7.11 Å². The maximum absolute atomic E-state index is 12.8. The maximum atomic E-state index is 12.8. The summed E-state index contributed by atoms with van der Waals surface area (Å²) in [6, 6.07) is 16.7. The Morgan fingerprint density at radius 3 is 2.79 bits per heavy atom. The molecule has 1 saturated heterocycles. The number of nitrogens with zero attached hydrogens (tertiary/aromatic N) is 2. The molecule has 0 unspecified atom stereocenters. The van der Waals surface area contributed by atoms with Crippen LogP contribution in [0.4, 0.5) is 5.82 Å². The van der Waals surface area contributed by atoms with Gasteiger partial charge in [0.1, 0.15) is 18.2 Å². The summed E-state index contributed by atoms with van der Waals surface area (Å²) in [4.78, 5) is 20.1. The molecule has 3 aromatic rings. The Hall–Kier alpha value is -3.42. The van der Waals surface area contributed by atoms with Gasteiger partial charge in [-0.05, 0) is 85.2 Å². The first kappa shape index (κ1) is 25.8. The van der Waals surface area contributed by atoms with E-state index in [0.29, 0.717) is 13.2 Å². The molecule has 6 rings (SSSR count). The van der Waals surface area contributed by atoms with Crippen molar-refractivity contribution in [1.82, 2.24) is 10.3 Å². The van der Waals surface area contributed by atoms with Crippen LogP contribution in [0.5, 0.6) is 5.75 Å². The smallest absolute Gasteiger partial charge is 0.314 e. The predicted molar refractivity (Wildman–Crippen MR) is 151 cm³/mol. The number of anilines is 1. The molecular weight excluding hydrogens is 490 g/mol. The van der Waals surface area contributed by atoms with E-state index in [-0.39, 0.29) is 17.9 Å². The fourth-order valence-corrected chi connectivity index (χ4v) is 6.75. The summed E-state index contributed by atoms with van der Waals surface area (Å²) in [6.07, 6.45) is 1.90. The van der Waals surface area contributed by atoms with Crippen molar-refractivity contribution >= 4 is 11.8 Å². The van der Waals surface area contributed by atoms with E-state index in [0.717, 1.165) is 60.9 Å². The standard InChI is InChI=1S/C32H37N3O4/c1-20-7-5-8-25(30(20)39-18-22-13-21(2)26-16-33-12-11-23(26)14-22)27-9-6-10-29(34-27)35-17-24-15-32(24,31(36)38-4)28(35)19-37-3/h5-10,13-14,24,28,33H,11-12,15-19H2,1-4H3/t24-,28+,32+/m0/s1. The number of carbonyl (C=O) groups is 1. The summed E-state index contributed by atoms with van der Waals surface area (Å²) >= 11 is 0. The van der Waals surface area contributed by atoms with Crippen LogP contribution in [-0.2, 0) is 33.8 Å². The van der Waals surface area contributed by atoms with E-state index < -0.39 is 5.41 Å². The fourth-order valence-electron chi connectivity index (χ4n) is 6.75. The lowest BCUT2D eigenvalue weighted by molar-refractivity contribution is -0.148. The van der Waals surface area contributed by atoms with E-state index in [1.165, 1.54) is 29.4 Å². The van der Waals surface area contributed by atoms with Crippen molar-refractivity contribution < 1.29 is 19.0 Å². The normalized spacial score (nSPS) is 23.2. The van der Waals surface area contributed by atoms with Gasteiger partial charge in [-0.1, -0.05) is 30.3 Å². The van der Waals surface area contributed by atoms with Crippen molar-refractivity contribution in [2.24, 2.45) is 11.3 Å². The average molecular weight is 528 g/mol. The number of methoxy groups -OCH3 is 2. The third kappa shape index (κ3) is 4.47. The van der Waals surface area contributed by atoms with E-state index in [9.17, 15) is 4.79 Å². The summed E-state index contributed by atoms with van der Waals surface area (Å²) in [5.41, 5.74) is 7.74. The molecule has 2 aromatic carbocycles. The minimum Gasteiger partial charge on any atom is -0.488 e. The van der Waals surface area contributed by atoms with Crippen LogP contribution in [0, 0.1) is 25.2 Å². The highest BCUT2D eigenvalue weighted by atomic mass is 16.5.